The van der Waals surface area contributed by atoms with E-state index in [9.17, 15) is 4.79 Å². The van der Waals surface area contributed by atoms with Crippen LogP contribution in [0, 0.1) is 0 Å². The van der Waals surface area contributed by atoms with Crippen molar-refractivity contribution in [1.82, 2.24) is 20.6 Å². The maximum absolute atomic E-state index is 13.2. The van der Waals surface area contributed by atoms with Crippen LogP contribution in [0.5, 0.6) is 5.75 Å². The number of nitrogens with zero attached hydrogens (tertiary/aromatic N) is 1. The van der Waals surface area contributed by atoms with Gasteiger partial charge in [0, 0.05) is 22.7 Å². The van der Waals surface area contributed by atoms with E-state index in [0.717, 1.165) is 46.0 Å². The van der Waals surface area contributed by atoms with Crippen LogP contribution in [0.3, 0.4) is 0 Å². The van der Waals surface area contributed by atoms with Crippen molar-refractivity contribution in [3.05, 3.63) is 60.2 Å². The van der Waals surface area contributed by atoms with Gasteiger partial charge in [-0.3, -0.25) is 4.79 Å². The molecule has 1 aliphatic heterocycles. The molecule has 5 rings (SSSR count). The Morgan fingerprint density at radius 3 is 2.40 bits per heavy atom. The number of fused-ring (bicyclic) bond motifs is 2. The van der Waals surface area contributed by atoms with Crippen molar-refractivity contribution in [3.8, 4) is 17.1 Å². The molecule has 35 heavy (non-hydrogen) atoms. The van der Waals surface area contributed by atoms with Gasteiger partial charge in [-0.15, -0.1) is 0 Å². The highest BCUT2D eigenvalue weighted by Crippen LogP contribution is 2.33. The molecular weight excluding hydrogens is 436 g/mol. The van der Waals surface area contributed by atoms with Crippen LogP contribution in [0.4, 0.5) is 0 Å². The highest BCUT2D eigenvalue weighted by Gasteiger charge is 2.38. The molecule has 2 heterocycles. The molecule has 1 saturated heterocycles. The van der Waals surface area contributed by atoms with E-state index in [1.165, 1.54) is 0 Å². The molecular formula is C29H34N4O2. The fraction of sp³-hybridized carbons (Fsp3) is 0.379. The number of hydrogen-bond donors (Lipinski definition) is 3. The first-order valence-corrected chi connectivity index (χ1v) is 12.4. The van der Waals surface area contributed by atoms with E-state index in [1.54, 1.807) is 0 Å². The Kier molecular flexibility index (Phi) is 5.80. The van der Waals surface area contributed by atoms with Crippen LogP contribution in [-0.4, -0.2) is 39.6 Å². The van der Waals surface area contributed by atoms with Gasteiger partial charge in [0.15, 0.2) is 0 Å². The van der Waals surface area contributed by atoms with E-state index in [-0.39, 0.29) is 23.0 Å². The third-order valence-electron chi connectivity index (χ3n) is 6.67. The molecule has 1 amide bonds. The fourth-order valence-electron chi connectivity index (χ4n) is 5.65. The second-order valence-corrected chi connectivity index (χ2v) is 10.9. The number of benzene rings is 3. The zero-order chi connectivity index (χ0) is 24.8. The lowest BCUT2D eigenvalue weighted by atomic mass is 9.79. The van der Waals surface area contributed by atoms with E-state index in [2.05, 4.69) is 67.6 Å². The fourth-order valence-corrected chi connectivity index (χ4v) is 5.65. The van der Waals surface area contributed by atoms with Gasteiger partial charge in [-0.1, -0.05) is 24.3 Å². The standard InChI is InChI=1S/C29H34N4O2/c1-6-35-25-15-20(27(34)30-21-16-28(2,3)33-29(4,5)17-21)11-12-22(25)26-31-23-13-18-9-7-8-10-19(18)14-24(23)32-26/h7-15,21,33H,6,16-17H2,1-5H3,(H,30,34)(H,31,32). The molecule has 0 aliphatic carbocycles. The average Bonchev–Trinajstić information content (AvgIpc) is 3.18. The first-order chi connectivity index (χ1) is 16.6. The second kappa shape index (κ2) is 8.68. The Labute approximate surface area is 206 Å². The Morgan fingerprint density at radius 2 is 1.71 bits per heavy atom. The molecule has 3 N–H and O–H groups in total. The van der Waals surface area contributed by atoms with Crippen LogP contribution in [0.15, 0.2) is 54.6 Å². The van der Waals surface area contributed by atoms with E-state index < -0.39 is 0 Å². The number of carbonyl (C=O) groups excluding carboxylic acids is 1. The lowest BCUT2D eigenvalue weighted by molar-refractivity contribution is 0.0872. The molecule has 3 aromatic carbocycles. The largest absolute Gasteiger partial charge is 0.493 e. The van der Waals surface area contributed by atoms with E-state index >= 15 is 0 Å². The monoisotopic (exact) mass is 470 g/mol. The van der Waals surface area contributed by atoms with Crippen LogP contribution < -0.4 is 15.4 Å². The van der Waals surface area contributed by atoms with Crippen LogP contribution >= 0.6 is 0 Å². The van der Waals surface area contributed by atoms with E-state index in [0.29, 0.717) is 17.9 Å². The topological polar surface area (TPSA) is 79.0 Å². The lowest BCUT2D eigenvalue weighted by Crippen LogP contribution is -2.62. The first-order valence-electron chi connectivity index (χ1n) is 12.4. The third-order valence-corrected chi connectivity index (χ3v) is 6.67. The van der Waals surface area contributed by atoms with Crippen LogP contribution in [0.25, 0.3) is 33.2 Å². The summed E-state index contributed by atoms with van der Waals surface area (Å²) >= 11 is 0. The average molecular weight is 471 g/mol. The maximum Gasteiger partial charge on any atom is 0.251 e. The Morgan fingerprint density at radius 1 is 1.03 bits per heavy atom. The molecule has 1 aliphatic rings. The van der Waals surface area contributed by atoms with Crippen molar-refractivity contribution in [2.45, 2.75) is 64.6 Å². The van der Waals surface area contributed by atoms with Crippen LogP contribution in [-0.2, 0) is 0 Å². The number of nitrogens with one attached hydrogen (secondary N) is 3. The lowest BCUT2D eigenvalue weighted by Gasteiger charge is -2.46. The molecule has 0 saturated carbocycles. The van der Waals surface area contributed by atoms with Gasteiger partial charge in [-0.05, 0) is 88.6 Å². The molecule has 0 radical (unpaired) electrons. The Balaban J connectivity index is 1.44. The van der Waals surface area contributed by atoms with Crippen molar-refractivity contribution >= 4 is 27.7 Å². The summed E-state index contributed by atoms with van der Waals surface area (Å²) < 4.78 is 5.96. The van der Waals surface area contributed by atoms with E-state index in [1.807, 2.05) is 37.3 Å². The summed E-state index contributed by atoms with van der Waals surface area (Å²) in [5.74, 6) is 1.30. The van der Waals surface area contributed by atoms with Gasteiger partial charge in [-0.25, -0.2) is 4.98 Å². The number of amides is 1. The predicted octanol–water partition coefficient (Wildman–Crippen LogP) is 5.82. The third kappa shape index (κ3) is 4.89. The minimum Gasteiger partial charge on any atom is -0.493 e. The molecule has 182 valence electrons. The molecule has 1 fully saturated rings. The summed E-state index contributed by atoms with van der Waals surface area (Å²) in [5, 5.41) is 9.24. The zero-order valence-electron chi connectivity index (χ0n) is 21.2. The van der Waals surface area contributed by atoms with Gasteiger partial charge in [0.05, 0.1) is 23.2 Å². The molecule has 4 aromatic rings. The van der Waals surface area contributed by atoms with Crippen molar-refractivity contribution in [2.75, 3.05) is 6.61 Å². The van der Waals surface area contributed by atoms with Crippen molar-refractivity contribution in [1.29, 1.82) is 0 Å². The Bertz CT molecular complexity index is 1330. The molecule has 6 nitrogen and oxygen atoms in total. The number of aromatic nitrogens is 2. The highest BCUT2D eigenvalue weighted by atomic mass is 16.5. The smallest absolute Gasteiger partial charge is 0.251 e. The zero-order valence-corrected chi connectivity index (χ0v) is 21.2. The van der Waals surface area contributed by atoms with Gasteiger partial charge >= 0.3 is 0 Å². The van der Waals surface area contributed by atoms with Crippen molar-refractivity contribution in [3.63, 3.8) is 0 Å². The summed E-state index contributed by atoms with van der Waals surface area (Å²) in [6.07, 6.45) is 1.76. The quantitative estimate of drug-likeness (QED) is 0.343. The first kappa shape index (κ1) is 23.4. The molecule has 0 spiro atoms. The molecule has 0 atom stereocenters. The summed E-state index contributed by atoms with van der Waals surface area (Å²) in [4.78, 5) is 21.5. The number of ether oxygens (including phenoxy) is 1. The minimum atomic E-state index is -0.0770. The maximum atomic E-state index is 13.2. The SMILES string of the molecule is CCOc1cc(C(=O)NC2CC(C)(C)NC(C)(C)C2)ccc1-c1nc2cc3ccccc3cc2[nH]1. The number of H-pyrrole nitrogens is 1. The number of imidazole rings is 1. The van der Waals surface area contributed by atoms with Gasteiger partial charge in [-0.2, -0.15) is 0 Å². The van der Waals surface area contributed by atoms with Crippen LogP contribution in [0.2, 0.25) is 0 Å². The van der Waals surface area contributed by atoms with Crippen LogP contribution in [0.1, 0.15) is 57.8 Å². The number of aromatic amines is 1. The summed E-state index contributed by atoms with van der Waals surface area (Å²) in [6.45, 7) is 11.2. The summed E-state index contributed by atoms with van der Waals surface area (Å²) in [5.41, 5.74) is 3.23. The molecule has 1 aromatic heterocycles. The Hall–Kier alpha value is -3.38. The number of hydrogen-bond acceptors (Lipinski definition) is 4. The van der Waals surface area contributed by atoms with Gasteiger partial charge in [0.1, 0.15) is 11.6 Å². The highest BCUT2D eigenvalue weighted by molar-refractivity contribution is 5.97. The van der Waals surface area contributed by atoms with Gasteiger partial charge in [0.2, 0.25) is 0 Å². The summed E-state index contributed by atoms with van der Waals surface area (Å²) in [7, 11) is 0. The second-order valence-electron chi connectivity index (χ2n) is 10.9. The number of carbonyl (C=O) groups is 1. The van der Waals surface area contributed by atoms with Crippen molar-refractivity contribution < 1.29 is 9.53 Å². The minimum absolute atomic E-state index is 0.0356. The van der Waals surface area contributed by atoms with Crippen molar-refractivity contribution in [2.24, 2.45) is 0 Å². The normalized spacial score (nSPS) is 17.5. The summed E-state index contributed by atoms with van der Waals surface area (Å²) in [6, 6.07) is 18.2. The van der Waals surface area contributed by atoms with Gasteiger partial charge in [0.25, 0.3) is 5.91 Å². The number of piperidine rings is 1. The molecule has 6 heteroatoms. The molecule has 0 bridgehead atoms. The van der Waals surface area contributed by atoms with Gasteiger partial charge < -0.3 is 20.4 Å². The predicted molar refractivity (Wildman–Crippen MR) is 142 cm³/mol. The molecule has 0 unspecified atom stereocenters. The number of rotatable bonds is 5. The van der Waals surface area contributed by atoms with E-state index in [4.69, 9.17) is 9.72 Å².